The van der Waals surface area contributed by atoms with Crippen molar-refractivity contribution in [3.8, 4) is 5.75 Å². The van der Waals surface area contributed by atoms with Gasteiger partial charge in [0.05, 0.1) is 4.90 Å². The summed E-state index contributed by atoms with van der Waals surface area (Å²) in [5.74, 6) is 0.141. The molecule has 1 saturated carbocycles. The minimum atomic E-state index is -3.33. The molecule has 19 heavy (non-hydrogen) atoms. The van der Waals surface area contributed by atoms with Crippen molar-refractivity contribution >= 4 is 9.84 Å². The van der Waals surface area contributed by atoms with E-state index in [-0.39, 0.29) is 11.2 Å². The van der Waals surface area contributed by atoms with Crippen LogP contribution in [0.4, 0.5) is 0 Å². The molecule has 1 fully saturated rings. The van der Waals surface area contributed by atoms with Gasteiger partial charge in [0, 0.05) is 18.2 Å². The van der Waals surface area contributed by atoms with E-state index in [1.807, 2.05) is 0 Å². The Morgan fingerprint density at radius 1 is 1.32 bits per heavy atom. The van der Waals surface area contributed by atoms with Crippen LogP contribution in [0.5, 0.6) is 5.75 Å². The van der Waals surface area contributed by atoms with Gasteiger partial charge in [0.1, 0.15) is 5.75 Å². The molecule has 0 aliphatic heterocycles. The van der Waals surface area contributed by atoms with E-state index < -0.39 is 9.84 Å². The monoisotopic (exact) mass is 283 g/mol. The lowest BCUT2D eigenvalue weighted by Crippen LogP contribution is -2.33. The second kappa shape index (κ2) is 4.80. The molecule has 4 nitrogen and oxygen atoms in total. The molecule has 106 valence electrons. The zero-order valence-corrected chi connectivity index (χ0v) is 12.3. The number of rotatable bonds is 3. The van der Waals surface area contributed by atoms with Crippen LogP contribution in [0.2, 0.25) is 0 Å². The molecule has 1 aliphatic rings. The van der Waals surface area contributed by atoms with Gasteiger partial charge >= 0.3 is 0 Å². The molecule has 0 bridgehead atoms. The second-order valence-electron chi connectivity index (χ2n) is 5.60. The van der Waals surface area contributed by atoms with Gasteiger partial charge in [-0.1, -0.05) is 12.8 Å². The molecule has 0 unspecified atom stereocenters. The minimum absolute atomic E-state index is 0.141. The molecule has 0 saturated heterocycles. The van der Waals surface area contributed by atoms with Crippen molar-refractivity contribution in [1.82, 2.24) is 0 Å². The van der Waals surface area contributed by atoms with Crippen molar-refractivity contribution in [1.29, 1.82) is 0 Å². The van der Waals surface area contributed by atoms with Gasteiger partial charge in [-0.05, 0) is 43.0 Å². The Kier molecular flexibility index (Phi) is 3.62. The summed E-state index contributed by atoms with van der Waals surface area (Å²) in [7, 11) is -3.33. The van der Waals surface area contributed by atoms with Crippen molar-refractivity contribution in [2.75, 3.05) is 12.8 Å². The molecule has 2 rings (SSSR count). The average Bonchev–Trinajstić information content (AvgIpc) is 2.80. The number of sulfone groups is 1. The maximum absolute atomic E-state index is 12.0. The van der Waals surface area contributed by atoms with Gasteiger partial charge in [0.2, 0.25) is 0 Å². The van der Waals surface area contributed by atoms with Gasteiger partial charge in [0.25, 0.3) is 0 Å². The lowest BCUT2D eigenvalue weighted by molar-refractivity contribution is 0.431. The summed E-state index contributed by atoms with van der Waals surface area (Å²) in [4.78, 5) is 0.315. The zero-order valence-electron chi connectivity index (χ0n) is 11.4. The van der Waals surface area contributed by atoms with E-state index >= 15 is 0 Å². The smallest absolute Gasteiger partial charge is 0.175 e. The van der Waals surface area contributed by atoms with Crippen molar-refractivity contribution in [3.63, 3.8) is 0 Å². The third-order valence-electron chi connectivity index (χ3n) is 4.22. The Morgan fingerprint density at radius 2 is 1.89 bits per heavy atom. The summed E-state index contributed by atoms with van der Waals surface area (Å²) in [6.07, 6.45) is 5.08. The first-order valence-corrected chi connectivity index (χ1v) is 8.43. The Labute approximate surface area is 114 Å². The fourth-order valence-corrected chi connectivity index (χ4v) is 4.09. The number of nitrogens with two attached hydrogens (primary N) is 1. The van der Waals surface area contributed by atoms with E-state index in [2.05, 4.69) is 0 Å². The van der Waals surface area contributed by atoms with Crippen LogP contribution in [-0.4, -0.2) is 26.3 Å². The van der Waals surface area contributed by atoms with Gasteiger partial charge in [-0.25, -0.2) is 8.42 Å². The molecule has 3 N–H and O–H groups in total. The predicted octanol–water partition coefficient (Wildman–Crippen LogP) is 1.87. The SMILES string of the molecule is Cc1cc(S(C)(=O)=O)c(C2(CN)CCCC2)cc1O. The third-order valence-corrected chi connectivity index (χ3v) is 5.36. The molecule has 1 aromatic carbocycles. The van der Waals surface area contributed by atoms with Gasteiger partial charge in [0.15, 0.2) is 9.84 Å². The summed E-state index contributed by atoms with van der Waals surface area (Å²) >= 11 is 0. The molecule has 1 aromatic rings. The van der Waals surface area contributed by atoms with E-state index in [0.717, 1.165) is 25.7 Å². The lowest BCUT2D eigenvalue weighted by atomic mass is 9.78. The number of hydrogen-bond acceptors (Lipinski definition) is 4. The first-order chi connectivity index (χ1) is 8.80. The average molecular weight is 283 g/mol. The third kappa shape index (κ3) is 2.49. The quantitative estimate of drug-likeness (QED) is 0.887. The van der Waals surface area contributed by atoms with Crippen molar-refractivity contribution in [2.24, 2.45) is 5.73 Å². The largest absolute Gasteiger partial charge is 0.508 e. The number of aromatic hydroxyl groups is 1. The molecule has 0 spiro atoms. The van der Waals surface area contributed by atoms with E-state index in [1.54, 1.807) is 19.1 Å². The van der Waals surface area contributed by atoms with Crippen molar-refractivity contribution < 1.29 is 13.5 Å². The molecule has 0 heterocycles. The van der Waals surface area contributed by atoms with Crippen LogP contribution in [0, 0.1) is 6.92 Å². The summed E-state index contributed by atoms with van der Waals surface area (Å²) < 4.78 is 24.0. The maximum atomic E-state index is 12.0. The van der Waals surface area contributed by atoms with E-state index in [4.69, 9.17) is 5.73 Å². The number of phenols is 1. The molecule has 5 heteroatoms. The van der Waals surface area contributed by atoms with Crippen molar-refractivity contribution in [3.05, 3.63) is 23.3 Å². The van der Waals surface area contributed by atoms with E-state index in [1.165, 1.54) is 6.26 Å². The van der Waals surface area contributed by atoms with Crippen LogP contribution in [0.1, 0.15) is 36.8 Å². The van der Waals surface area contributed by atoms with Crippen LogP contribution in [-0.2, 0) is 15.3 Å². The van der Waals surface area contributed by atoms with E-state index in [0.29, 0.717) is 22.6 Å². The van der Waals surface area contributed by atoms with Crippen LogP contribution >= 0.6 is 0 Å². The van der Waals surface area contributed by atoms with Crippen LogP contribution in [0.15, 0.2) is 17.0 Å². The first kappa shape index (κ1) is 14.3. The molecule has 0 atom stereocenters. The van der Waals surface area contributed by atoms with Gasteiger partial charge in [-0.3, -0.25) is 0 Å². The van der Waals surface area contributed by atoms with Gasteiger partial charge in [-0.15, -0.1) is 0 Å². The molecule has 0 radical (unpaired) electrons. The second-order valence-corrected chi connectivity index (χ2v) is 7.58. The van der Waals surface area contributed by atoms with Gasteiger partial charge in [-0.2, -0.15) is 0 Å². The van der Waals surface area contributed by atoms with Crippen molar-refractivity contribution in [2.45, 2.75) is 42.9 Å². The lowest BCUT2D eigenvalue weighted by Gasteiger charge is -2.30. The molecule has 0 amide bonds. The fourth-order valence-electron chi connectivity index (χ4n) is 3.03. The minimum Gasteiger partial charge on any atom is -0.508 e. The normalized spacial score (nSPS) is 18.7. The molecule has 1 aliphatic carbocycles. The van der Waals surface area contributed by atoms with Gasteiger partial charge < -0.3 is 10.8 Å². The predicted molar refractivity (Wildman–Crippen MR) is 75.2 cm³/mol. The maximum Gasteiger partial charge on any atom is 0.175 e. The number of phenolic OH excluding ortho intramolecular Hbond substituents is 1. The Bertz CT molecular complexity index is 587. The highest BCUT2D eigenvalue weighted by Gasteiger charge is 2.38. The summed E-state index contributed by atoms with van der Waals surface area (Å²) in [6.45, 7) is 2.12. The van der Waals surface area contributed by atoms with E-state index in [9.17, 15) is 13.5 Å². The number of benzene rings is 1. The fraction of sp³-hybridized carbons (Fsp3) is 0.571. The van der Waals surface area contributed by atoms with Crippen LogP contribution in [0.25, 0.3) is 0 Å². The standard InChI is InChI=1S/C14H21NO3S/c1-10-7-13(19(2,17)18)11(8-12(10)16)14(9-15)5-3-4-6-14/h7-8,16H,3-6,9,15H2,1-2H3. The summed E-state index contributed by atoms with van der Waals surface area (Å²) in [5, 5.41) is 9.92. The molecular weight excluding hydrogens is 262 g/mol. The zero-order chi connectivity index (χ0) is 14.3. The Morgan fingerprint density at radius 3 is 2.37 bits per heavy atom. The summed E-state index contributed by atoms with van der Waals surface area (Å²) in [6, 6.07) is 3.17. The molecular formula is C14H21NO3S. The molecule has 0 aromatic heterocycles. The van der Waals surface area contributed by atoms with Crippen LogP contribution in [0.3, 0.4) is 0 Å². The van der Waals surface area contributed by atoms with Crippen LogP contribution < -0.4 is 5.73 Å². The number of aryl methyl sites for hydroxylation is 1. The highest BCUT2D eigenvalue weighted by atomic mass is 32.2. The Balaban J connectivity index is 2.71. The summed E-state index contributed by atoms with van der Waals surface area (Å²) in [5.41, 5.74) is 6.89. The Hall–Kier alpha value is -1.07. The topological polar surface area (TPSA) is 80.4 Å². The highest BCUT2D eigenvalue weighted by Crippen LogP contribution is 2.44. The highest BCUT2D eigenvalue weighted by molar-refractivity contribution is 7.90. The first-order valence-electron chi connectivity index (χ1n) is 6.54. The number of hydrogen-bond donors (Lipinski definition) is 2.